The predicted molar refractivity (Wildman–Crippen MR) is 97.2 cm³/mol. The third kappa shape index (κ3) is 4.23. The van der Waals surface area contributed by atoms with Crippen LogP contribution in [-0.2, 0) is 13.3 Å². The number of anilines is 1. The molecule has 0 unspecified atom stereocenters. The van der Waals surface area contributed by atoms with Crippen molar-refractivity contribution in [3.8, 4) is 5.75 Å². The van der Waals surface area contributed by atoms with Gasteiger partial charge in [0.2, 0.25) is 0 Å². The second-order valence-corrected chi connectivity index (χ2v) is 6.76. The van der Waals surface area contributed by atoms with Crippen molar-refractivity contribution in [2.45, 2.75) is 26.1 Å². The van der Waals surface area contributed by atoms with E-state index in [1.54, 1.807) is 35.3 Å². The van der Waals surface area contributed by atoms with Crippen LogP contribution in [0.3, 0.4) is 0 Å². The molecule has 0 saturated heterocycles. The van der Waals surface area contributed by atoms with E-state index < -0.39 is 0 Å². The van der Waals surface area contributed by atoms with Gasteiger partial charge in [0.1, 0.15) is 5.75 Å². The van der Waals surface area contributed by atoms with Gasteiger partial charge in [0.05, 0.1) is 11.9 Å². The number of carbonyl (C=O) groups is 1. The summed E-state index contributed by atoms with van der Waals surface area (Å²) in [7, 11) is 0. The lowest BCUT2D eigenvalue weighted by atomic mass is 10.3. The van der Waals surface area contributed by atoms with Gasteiger partial charge in [-0.2, -0.15) is 10.2 Å². The van der Waals surface area contributed by atoms with Gasteiger partial charge in [-0.15, -0.1) is 0 Å². The van der Waals surface area contributed by atoms with Crippen molar-refractivity contribution in [2.75, 3.05) is 5.32 Å². The van der Waals surface area contributed by atoms with E-state index in [4.69, 9.17) is 16.3 Å². The van der Waals surface area contributed by atoms with Gasteiger partial charge in [-0.1, -0.05) is 17.7 Å². The molecule has 26 heavy (non-hydrogen) atoms. The lowest BCUT2D eigenvalue weighted by Gasteiger charge is -2.06. The fourth-order valence-electron chi connectivity index (χ4n) is 2.54. The molecule has 3 aromatic rings. The minimum absolute atomic E-state index is 0.187. The highest BCUT2D eigenvalue weighted by molar-refractivity contribution is 6.30. The summed E-state index contributed by atoms with van der Waals surface area (Å²) in [5, 5.41) is 11.9. The number of nitrogens with one attached hydrogen (secondary N) is 1. The maximum absolute atomic E-state index is 12.3. The molecule has 2 aromatic heterocycles. The maximum atomic E-state index is 12.3. The molecule has 134 valence electrons. The van der Waals surface area contributed by atoms with Crippen molar-refractivity contribution in [1.82, 2.24) is 19.6 Å². The number of carbonyl (C=O) groups excluding carboxylic acids is 1. The summed E-state index contributed by atoms with van der Waals surface area (Å²) in [5.41, 5.74) is 0.981. The third-order valence-electron chi connectivity index (χ3n) is 4.07. The zero-order valence-corrected chi connectivity index (χ0v) is 14.8. The normalized spacial score (nSPS) is 13.6. The van der Waals surface area contributed by atoms with E-state index >= 15 is 0 Å². The van der Waals surface area contributed by atoms with Crippen molar-refractivity contribution in [2.24, 2.45) is 5.92 Å². The molecule has 2 heterocycles. The first kappa shape index (κ1) is 16.7. The molecule has 0 radical (unpaired) electrons. The summed E-state index contributed by atoms with van der Waals surface area (Å²) in [6, 6.07) is 8.76. The molecule has 1 N–H and O–H groups in total. The van der Waals surface area contributed by atoms with Crippen LogP contribution in [-0.4, -0.2) is 25.5 Å². The zero-order valence-electron chi connectivity index (χ0n) is 14.0. The van der Waals surface area contributed by atoms with Crippen molar-refractivity contribution in [1.29, 1.82) is 0 Å². The van der Waals surface area contributed by atoms with Crippen LogP contribution in [0.5, 0.6) is 5.75 Å². The molecule has 1 saturated carbocycles. The molecule has 1 amide bonds. The number of aromatic nitrogens is 4. The summed E-state index contributed by atoms with van der Waals surface area (Å²) in [6.07, 6.45) is 7.71. The minimum atomic E-state index is -0.280. The molecule has 7 nitrogen and oxygen atoms in total. The second kappa shape index (κ2) is 7.21. The monoisotopic (exact) mass is 371 g/mol. The average molecular weight is 372 g/mol. The van der Waals surface area contributed by atoms with Crippen molar-refractivity contribution < 1.29 is 9.53 Å². The molecule has 1 aromatic carbocycles. The van der Waals surface area contributed by atoms with E-state index in [2.05, 4.69) is 15.5 Å². The number of halogens is 1. The highest BCUT2D eigenvalue weighted by Gasteiger charge is 2.22. The first-order valence-electron chi connectivity index (χ1n) is 8.41. The van der Waals surface area contributed by atoms with Gasteiger partial charge >= 0.3 is 0 Å². The molecule has 8 heteroatoms. The Bertz CT molecular complexity index is 916. The van der Waals surface area contributed by atoms with Crippen LogP contribution in [0, 0.1) is 5.92 Å². The van der Waals surface area contributed by atoms with E-state index in [0.717, 1.165) is 12.5 Å². The standard InChI is InChI=1S/C18H18ClN5O2/c19-14-2-1-3-16(8-14)26-12-23-7-6-17(22-23)18(25)21-15-9-20-24(11-15)10-13-4-5-13/h1-3,6-9,11,13H,4-5,10,12H2,(H,21,25). The SMILES string of the molecule is O=C(Nc1cnn(CC2CC2)c1)c1ccn(COc2cccc(Cl)c2)n1. The van der Waals surface area contributed by atoms with Gasteiger partial charge in [-0.3, -0.25) is 9.48 Å². The lowest BCUT2D eigenvalue weighted by Crippen LogP contribution is -2.14. The van der Waals surface area contributed by atoms with Crippen LogP contribution in [0.4, 0.5) is 5.69 Å². The number of rotatable bonds is 7. The van der Waals surface area contributed by atoms with E-state index in [9.17, 15) is 4.79 Å². The molecule has 0 bridgehead atoms. The molecular weight excluding hydrogens is 354 g/mol. The van der Waals surface area contributed by atoms with Crippen LogP contribution < -0.4 is 10.1 Å². The highest BCUT2D eigenvalue weighted by Crippen LogP contribution is 2.30. The Balaban J connectivity index is 1.33. The zero-order chi connectivity index (χ0) is 17.9. The number of benzene rings is 1. The van der Waals surface area contributed by atoms with Gasteiger partial charge in [-0.05, 0) is 43.0 Å². The predicted octanol–water partition coefficient (Wildman–Crippen LogP) is 3.43. The van der Waals surface area contributed by atoms with Crippen LogP contribution in [0.2, 0.25) is 5.02 Å². The van der Waals surface area contributed by atoms with Gasteiger partial charge < -0.3 is 10.1 Å². The Morgan fingerprint density at radius 3 is 3.00 bits per heavy atom. The summed E-state index contributed by atoms with van der Waals surface area (Å²) < 4.78 is 9.02. The smallest absolute Gasteiger partial charge is 0.276 e. The maximum Gasteiger partial charge on any atom is 0.276 e. The Morgan fingerprint density at radius 1 is 1.31 bits per heavy atom. The quantitative estimate of drug-likeness (QED) is 0.690. The van der Waals surface area contributed by atoms with E-state index in [1.165, 1.54) is 12.8 Å². The van der Waals surface area contributed by atoms with Gasteiger partial charge in [-0.25, -0.2) is 4.68 Å². The topological polar surface area (TPSA) is 74.0 Å². The molecular formula is C18H18ClN5O2. The van der Waals surface area contributed by atoms with Crippen molar-refractivity contribution in [3.05, 3.63) is 59.6 Å². The molecule has 4 rings (SSSR count). The van der Waals surface area contributed by atoms with Crippen LogP contribution in [0.15, 0.2) is 48.9 Å². The van der Waals surface area contributed by atoms with E-state index in [1.807, 2.05) is 23.0 Å². The van der Waals surface area contributed by atoms with Gasteiger partial charge in [0.25, 0.3) is 5.91 Å². The Kier molecular flexibility index (Phi) is 4.62. The fourth-order valence-corrected chi connectivity index (χ4v) is 2.72. The summed E-state index contributed by atoms with van der Waals surface area (Å²) in [6.45, 7) is 1.10. The van der Waals surface area contributed by atoms with Gasteiger partial charge in [0, 0.05) is 24.0 Å². The largest absolute Gasteiger partial charge is 0.471 e. The fraction of sp³-hybridized carbons (Fsp3) is 0.278. The Morgan fingerprint density at radius 2 is 2.19 bits per heavy atom. The van der Waals surface area contributed by atoms with E-state index in [-0.39, 0.29) is 12.6 Å². The van der Waals surface area contributed by atoms with Crippen molar-refractivity contribution in [3.63, 3.8) is 0 Å². The third-order valence-corrected chi connectivity index (χ3v) is 4.30. The molecule has 1 aliphatic rings. The van der Waals surface area contributed by atoms with Crippen molar-refractivity contribution >= 4 is 23.2 Å². The first-order valence-corrected chi connectivity index (χ1v) is 8.79. The average Bonchev–Trinajstić information content (AvgIpc) is 3.13. The summed E-state index contributed by atoms with van der Waals surface area (Å²) in [4.78, 5) is 12.3. The highest BCUT2D eigenvalue weighted by atomic mass is 35.5. The Labute approximate surface area is 155 Å². The summed E-state index contributed by atoms with van der Waals surface area (Å²) >= 11 is 5.92. The molecule has 1 fully saturated rings. The number of ether oxygens (including phenoxy) is 1. The van der Waals surface area contributed by atoms with Crippen LogP contribution >= 0.6 is 11.6 Å². The van der Waals surface area contributed by atoms with Gasteiger partial charge in [0.15, 0.2) is 12.4 Å². The molecule has 1 aliphatic carbocycles. The molecule has 0 atom stereocenters. The molecule has 0 spiro atoms. The van der Waals surface area contributed by atoms with Crippen LogP contribution in [0.1, 0.15) is 23.3 Å². The number of amides is 1. The Hall–Kier alpha value is -2.80. The number of nitrogens with zero attached hydrogens (tertiary/aromatic N) is 4. The number of hydrogen-bond acceptors (Lipinski definition) is 4. The van der Waals surface area contributed by atoms with E-state index in [0.29, 0.717) is 22.2 Å². The number of hydrogen-bond donors (Lipinski definition) is 1. The first-order chi connectivity index (χ1) is 12.7. The lowest BCUT2D eigenvalue weighted by molar-refractivity contribution is 0.102. The minimum Gasteiger partial charge on any atom is -0.471 e. The summed E-state index contributed by atoms with van der Waals surface area (Å²) in [5.74, 6) is 1.09. The molecule has 0 aliphatic heterocycles. The van der Waals surface area contributed by atoms with Crippen LogP contribution in [0.25, 0.3) is 0 Å². The second-order valence-electron chi connectivity index (χ2n) is 6.32.